The molecule has 0 unspecified atom stereocenters. The van der Waals surface area contributed by atoms with E-state index in [1.165, 1.54) is 18.1 Å². The summed E-state index contributed by atoms with van der Waals surface area (Å²) >= 11 is 0. The molecule has 2 heterocycles. The van der Waals surface area contributed by atoms with Gasteiger partial charge < -0.3 is 10.4 Å². The van der Waals surface area contributed by atoms with Gasteiger partial charge in [-0.3, -0.25) is 4.90 Å². The molecule has 1 aromatic heterocycles. The molecule has 1 aliphatic heterocycles. The topological polar surface area (TPSA) is 85.1 Å². The van der Waals surface area contributed by atoms with Gasteiger partial charge in [0.15, 0.2) is 5.82 Å². The molecule has 26 heavy (non-hydrogen) atoms. The van der Waals surface area contributed by atoms with Gasteiger partial charge in [0.2, 0.25) is 0 Å². The van der Waals surface area contributed by atoms with Crippen LogP contribution in [0.25, 0.3) is 11.3 Å². The standard InChI is InChI=1S/C20H23N5O/c1-3-25-8-4-5-15(13-25)12-22-19-7-6-17(23-24-19)20-14(2)9-16(11-21)10-18(20)26/h6-7,9-10,12,26H,3-5,8,13H2,1-2H3,(H,22,24). The van der Waals surface area contributed by atoms with E-state index in [9.17, 15) is 5.11 Å². The lowest BCUT2D eigenvalue weighted by atomic mass is 10.0. The second-order valence-corrected chi connectivity index (χ2v) is 6.52. The Hall–Kier alpha value is -2.91. The van der Waals surface area contributed by atoms with Crippen molar-refractivity contribution in [3.05, 3.63) is 47.2 Å². The summed E-state index contributed by atoms with van der Waals surface area (Å²) in [7, 11) is 0. The van der Waals surface area contributed by atoms with E-state index in [-0.39, 0.29) is 5.75 Å². The van der Waals surface area contributed by atoms with Crippen LogP contribution in [-0.2, 0) is 0 Å². The molecule has 1 saturated heterocycles. The first-order valence-electron chi connectivity index (χ1n) is 8.85. The van der Waals surface area contributed by atoms with Gasteiger partial charge in [0.25, 0.3) is 0 Å². The molecule has 2 aromatic rings. The van der Waals surface area contributed by atoms with Gasteiger partial charge in [0.1, 0.15) is 5.75 Å². The molecule has 0 radical (unpaired) electrons. The van der Waals surface area contributed by atoms with Crippen LogP contribution in [0.3, 0.4) is 0 Å². The average molecular weight is 349 g/mol. The lowest BCUT2D eigenvalue weighted by Crippen LogP contribution is -2.31. The summed E-state index contributed by atoms with van der Waals surface area (Å²) in [6, 6.07) is 8.88. The van der Waals surface area contributed by atoms with Crippen molar-refractivity contribution in [2.24, 2.45) is 0 Å². The molecular weight excluding hydrogens is 326 g/mol. The highest BCUT2D eigenvalue weighted by Crippen LogP contribution is 2.32. The first-order valence-corrected chi connectivity index (χ1v) is 8.85. The molecule has 1 fully saturated rings. The van der Waals surface area contributed by atoms with Crippen LogP contribution in [0, 0.1) is 18.3 Å². The van der Waals surface area contributed by atoms with Crippen LogP contribution >= 0.6 is 0 Å². The fourth-order valence-corrected chi connectivity index (χ4v) is 3.25. The zero-order valence-electron chi connectivity index (χ0n) is 15.2. The molecular formula is C20H23N5O. The fraction of sp³-hybridized carbons (Fsp3) is 0.350. The quantitative estimate of drug-likeness (QED) is 0.879. The fourth-order valence-electron chi connectivity index (χ4n) is 3.25. The number of aromatic hydroxyl groups is 1. The first-order chi connectivity index (χ1) is 12.6. The van der Waals surface area contributed by atoms with Crippen molar-refractivity contribution < 1.29 is 5.11 Å². The van der Waals surface area contributed by atoms with E-state index >= 15 is 0 Å². The number of aromatic nitrogens is 2. The second kappa shape index (κ2) is 7.98. The normalized spacial score (nSPS) is 16.4. The summed E-state index contributed by atoms with van der Waals surface area (Å²) in [4.78, 5) is 2.42. The van der Waals surface area contributed by atoms with Crippen LogP contribution in [-0.4, -0.2) is 39.8 Å². The zero-order valence-corrected chi connectivity index (χ0v) is 15.2. The summed E-state index contributed by atoms with van der Waals surface area (Å²) in [6.07, 6.45) is 4.31. The van der Waals surface area contributed by atoms with E-state index in [0.717, 1.165) is 31.6 Å². The van der Waals surface area contributed by atoms with Gasteiger partial charge in [0, 0.05) is 18.3 Å². The molecule has 6 heteroatoms. The Morgan fingerprint density at radius 2 is 2.19 bits per heavy atom. The van der Waals surface area contributed by atoms with E-state index in [1.54, 1.807) is 6.07 Å². The Kier molecular flexibility index (Phi) is 5.49. The maximum absolute atomic E-state index is 10.2. The number of hydrogen-bond donors (Lipinski definition) is 2. The lowest BCUT2D eigenvalue weighted by Gasteiger charge is -2.27. The minimum Gasteiger partial charge on any atom is -0.507 e. The minimum atomic E-state index is 0.0422. The molecule has 134 valence electrons. The smallest absolute Gasteiger partial charge is 0.152 e. The number of hydrogen-bond acceptors (Lipinski definition) is 6. The summed E-state index contributed by atoms with van der Waals surface area (Å²) in [5, 5.41) is 30.8. The summed E-state index contributed by atoms with van der Waals surface area (Å²) in [5.74, 6) is 0.709. The SMILES string of the molecule is CCN1CCCC(=CNc2ccc(-c3c(C)cc(C#N)cc3O)nn2)C1. The van der Waals surface area contributed by atoms with Gasteiger partial charge in [-0.2, -0.15) is 5.26 Å². The minimum absolute atomic E-state index is 0.0422. The van der Waals surface area contributed by atoms with Gasteiger partial charge in [-0.05, 0) is 68.3 Å². The predicted molar refractivity (Wildman–Crippen MR) is 102 cm³/mol. The Labute approximate surface area is 153 Å². The van der Waals surface area contributed by atoms with Crippen LogP contribution < -0.4 is 5.32 Å². The number of nitrogens with zero attached hydrogens (tertiary/aromatic N) is 4. The molecule has 0 spiro atoms. The second-order valence-electron chi connectivity index (χ2n) is 6.52. The number of likely N-dealkylation sites (N-methyl/N-ethyl adjacent to an activating group) is 1. The number of aryl methyl sites for hydroxylation is 1. The van der Waals surface area contributed by atoms with Gasteiger partial charge in [-0.1, -0.05) is 6.92 Å². The van der Waals surface area contributed by atoms with Crippen molar-refractivity contribution in [2.75, 3.05) is 25.0 Å². The molecule has 0 aliphatic carbocycles. The Morgan fingerprint density at radius 3 is 2.85 bits per heavy atom. The highest BCUT2D eigenvalue weighted by molar-refractivity contribution is 5.72. The van der Waals surface area contributed by atoms with Gasteiger partial charge in [-0.15, -0.1) is 10.2 Å². The Balaban J connectivity index is 1.74. The maximum Gasteiger partial charge on any atom is 0.152 e. The van der Waals surface area contributed by atoms with E-state index < -0.39 is 0 Å². The van der Waals surface area contributed by atoms with E-state index in [0.29, 0.717) is 22.6 Å². The van der Waals surface area contributed by atoms with Crippen LogP contribution in [0.5, 0.6) is 5.75 Å². The van der Waals surface area contributed by atoms with Crippen LogP contribution in [0.2, 0.25) is 0 Å². The van der Waals surface area contributed by atoms with Gasteiger partial charge in [0.05, 0.1) is 17.3 Å². The number of likely N-dealkylation sites (tertiary alicyclic amines) is 1. The summed E-state index contributed by atoms with van der Waals surface area (Å²) < 4.78 is 0. The Bertz CT molecular complexity index is 828. The third-order valence-corrected chi connectivity index (χ3v) is 4.63. The lowest BCUT2D eigenvalue weighted by molar-refractivity contribution is 0.279. The van der Waals surface area contributed by atoms with Gasteiger partial charge >= 0.3 is 0 Å². The predicted octanol–water partition coefficient (Wildman–Crippen LogP) is 3.44. The molecule has 6 nitrogen and oxygen atoms in total. The number of rotatable bonds is 4. The monoisotopic (exact) mass is 349 g/mol. The average Bonchev–Trinajstić information content (AvgIpc) is 2.67. The number of anilines is 1. The third kappa shape index (κ3) is 4.01. The van der Waals surface area contributed by atoms with Crippen LogP contribution in [0.15, 0.2) is 36.0 Å². The van der Waals surface area contributed by atoms with Crippen molar-refractivity contribution in [3.8, 4) is 23.1 Å². The van der Waals surface area contributed by atoms with Crippen LogP contribution in [0.4, 0.5) is 5.82 Å². The van der Waals surface area contributed by atoms with Crippen LogP contribution in [0.1, 0.15) is 30.9 Å². The summed E-state index contributed by atoms with van der Waals surface area (Å²) in [5.41, 5.74) is 3.77. The molecule has 0 amide bonds. The molecule has 3 rings (SSSR count). The van der Waals surface area contributed by atoms with E-state index in [4.69, 9.17) is 5.26 Å². The number of nitrogens with one attached hydrogen (secondary N) is 1. The third-order valence-electron chi connectivity index (χ3n) is 4.63. The number of piperidine rings is 1. The van der Waals surface area contributed by atoms with E-state index in [2.05, 4.69) is 27.3 Å². The van der Waals surface area contributed by atoms with Crippen molar-refractivity contribution in [3.63, 3.8) is 0 Å². The van der Waals surface area contributed by atoms with Gasteiger partial charge in [-0.25, -0.2) is 0 Å². The molecule has 2 N–H and O–H groups in total. The van der Waals surface area contributed by atoms with Crippen molar-refractivity contribution in [2.45, 2.75) is 26.7 Å². The number of benzene rings is 1. The summed E-state index contributed by atoms with van der Waals surface area (Å²) in [6.45, 7) is 7.25. The molecule has 1 aliphatic rings. The Morgan fingerprint density at radius 1 is 1.35 bits per heavy atom. The van der Waals surface area contributed by atoms with E-state index in [1.807, 2.05) is 31.3 Å². The zero-order chi connectivity index (χ0) is 18.5. The molecule has 0 saturated carbocycles. The molecule has 0 bridgehead atoms. The van der Waals surface area contributed by atoms with Crippen molar-refractivity contribution in [1.29, 1.82) is 5.26 Å². The highest BCUT2D eigenvalue weighted by atomic mass is 16.3. The maximum atomic E-state index is 10.2. The number of nitriles is 1. The number of phenolic OH excluding ortho intramolecular Hbond substituents is 1. The van der Waals surface area contributed by atoms with Crippen molar-refractivity contribution >= 4 is 5.82 Å². The first kappa shape index (κ1) is 17.9. The largest absolute Gasteiger partial charge is 0.507 e. The molecule has 0 atom stereocenters. The highest BCUT2D eigenvalue weighted by Gasteiger charge is 2.13. The molecule has 1 aromatic carbocycles. The van der Waals surface area contributed by atoms with Crippen molar-refractivity contribution in [1.82, 2.24) is 15.1 Å². The number of phenols is 1.